The Bertz CT molecular complexity index is 1450. The number of aryl methyl sites for hydroxylation is 3. The SMILES string of the molecule is CCc1cc(-c2nn[nH]n2)c(-c2ccc(Cn3cnc4c(C)c(C(C)C)c(C)nc43)cc2)n1C. The molecule has 5 rings (SSSR count). The Labute approximate surface area is 199 Å². The summed E-state index contributed by atoms with van der Waals surface area (Å²) in [4.78, 5) is 9.62. The monoisotopic (exact) mass is 454 g/mol. The maximum Gasteiger partial charge on any atom is 0.206 e. The summed E-state index contributed by atoms with van der Waals surface area (Å²) in [6, 6.07) is 10.8. The number of H-pyrrole nitrogens is 1. The molecular weight excluding hydrogens is 424 g/mol. The van der Waals surface area contributed by atoms with Gasteiger partial charge in [0.05, 0.1) is 18.6 Å². The molecule has 0 saturated heterocycles. The van der Waals surface area contributed by atoms with Crippen molar-refractivity contribution < 1.29 is 0 Å². The van der Waals surface area contributed by atoms with Crippen LogP contribution < -0.4 is 0 Å². The number of aromatic amines is 1. The molecule has 34 heavy (non-hydrogen) atoms. The molecule has 0 unspecified atom stereocenters. The van der Waals surface area contributed by atoms with Gasteiger partial charge in [0.15, 0.2) is 5.65 Å². The van der Waals surface area contributed by atoms with E-state index in [2.05, 4.69) is 102 Å². The Morgan fingerprint density at radius 2 is 1.85 bits per heavy atom. The van der Waals surface area contributed by atoms with Crippen LogP contribution in [-0.4, -0.2) is 39.7 Å². The highest BCUT2D eigenvalue weighted by Gasteiger charge is 2.19. The van der Waals surface area contributed by atoms with Crippen LogP contribution in [-0.2, 0) is 20.0 Å². The van der Waals surface area contributed by atoms with Gasteiger partial charge in [-0.3, -0.25) is 0 Å². The molecule has 8 nitrogen and oxygen atoms in total. The molecule has 5 aromatic rings. The number of tetrazole rings is 1. The quantitative estimate of drug-likeness (QED) is 0.391. The first-order valence-corrected chi connectivity index (χ1v) is 11.7. The number of aromatic nitrogens is 8. The third kappa shape index (κ3) is 3.59. The molecule has 0 fully saturated rings. The summed E-state index contributed by atoms with van der Waals surface area (Å²) in [6.45, 7) is 11.5. The van der Waals surface area contributed by atoms with Crippen molar-refractivity contribution >= 4 is 11.2 Å². The molecule has 1 aromatic carbocycles. The molecule has 0 amide bonds. The van der Waals surface area contributed by atoms with Crippen LogP contribution in [0, 0.1) is 13.8 Å². The molecular formula is C26H30N8. The average Bonchev–Trinajstić information content (AvgIpc) is 3.54. The number of imidazole rings is 1. The highest BCUT2D eigenvalue weighted by Crippen LogP contribution is 2.33. The lowest BCUT2D eigenvalue weighted by Crippen LogP contribution is -2.04. The van der Waals surface area contributed by atoms with E-state index < -0.39 is 0 Å². The smallest absolute Gasteiger partial charge is 0.206 e. The van der Waals surface area contributed by atoms with Crippen molar-refractivity contribution in [2.75, 3.05) is 0 Å². The van der Waals surface area contributed by atoms with Crippen molar-refractivity contribution in [3.05, 3.63) is 64.7 Å². The average molecular weight is 455 g/mol. The Kier molecular flexibility index (Phi) is 5.51. The molecule has 4 heterocycles. The predicted octanol–water partition coefficient (Wildman–Crippen LogP) is 4.97. The summed E-state index contributed by atoms with van der Waals surface area (Å²) >= 11 is 0. The fourth-order valence-corrected chi connectivity index (χ4v) is 5.10. The fourth-order valence-electron chi connectivity index (χ4n) is 5.10. The number of nitrogens with one attached hydrogen (secondary N) is 1. The molecule has 4 aromatic heterocycles. The zero-order chi connectivity index (χ0) is 24.0. The Balaban J connectivity index is 1.49. The van der Waals surface area contributed by atoms with Crippen molar-refractivity contribution in [2.45, 2.75) is 53.5 Å². The highest BCUT2D eigenvalue weighted by molar-refractivity contribution is 5.80. The van der Waals surface area contributed by atoms with Crippen LogP contribution in [0.4, 0.5) is 0 Å². The first-order chi connectivity index (χ1) is 16.4. The van der Waals surface area contributed by atoms with Gasteiger partial charge in [-0.25, -0.2) is 9.97 Å². The molecule has 0 aliphatic carbocycles. The molecule has 0 saturated carbocycles. The van der Waals surface area contributed by atoms with Gasteiger partial charge in [-0.2, -0.15) is 5.21 Å². The number of benzene rings is 1. The Morgan fingerprint density at radius 3 is 2.50 bits per heavy atom. The van der Waals surface area contributed by atoms with Gasteiger partial charge in [-0.15, -0.1) is 10.2 Å². The lowest BCUT2D eigenvalue weighted by atomic mass is 9.96. The predicted molar refractivity (Wildman–Crippen MR) is 134 cm³/mol. The van der Waals surface area contributed by atoms with Gasteiger partial charge < -0.3 is 9.13 Å². The first-order valence-electron chi connectivity index (χ1n) is 11.7. The zero-order valence-electron chi connectivity index (χ0n) is 20.6. The summed E-state index contributed by atoms with van der Waals surface area (Å²) in [5.41, 5.74) is 11.2. The summed E-state index contributed by atoms with van der Waals surface area (Å²) < 4.78 is 4.35. The third-order valence-electron chi connectivity index (χ3n) is 6.67. The molecule has 0 radical (unpaired) electrons. The van der Waals surface area contributed by atoms with Gasteiger partial charge in [-0.05, 0) is 59.7 Å². The number of pyridine rings is 1. The first kappa shape index (κ1) is 22.0. The second-order valence-electron chi connectivity index (χ2n) is 9.18. The van der Waals surface area contributed by atoms with E-state index in [-0.39, 0.29) is 0 Å². The van der Waals surface area contributed by atoms with Gasteiger partial charge in [0.2, 0.25) is 5.82 Å². The van der Waals surface area contributed by atoms with Crippen LogP contribution in [0.1, 0.15) is 54.8 Å². The highest BCUT2D eigenvalue weighted by atomic mass is 15.5. The van der Waals surface area contributed by atoms with E-state index in [0.29, 0.717) is 18.3 Å². The molecule has 0 atom stereocenters. The second-order valence-corrected chi connectivity index (χ2v) is 9.18. The van der Waals surface area contributed by atoms with Gasteiger partial charge in [0.1, 0.15) is 5.52 Å². The number of fused-ring (bicyclic) bond motifs is 1. The minimum atomic E-state index is 0.428. The number of hydrogen-bond donors (Lipinski definition) is 1. The van der Waals surface area contributed by atoms with Crippen LogP contribution in [0.5, 0.6) is 0 Å². The Morgan fingerprint density at radius 1 is 1.09 bits per heavy atom. The molecule has 0 bridgehead atoms. The molecule has 174 valence electrons. The number of rotatable bonds is 6. The van der Waals surface area contributed by atoms with Crippen molar-refractivity contribution in [2.24, 2.45) is 7.05 Å². The summed E-state index contributed by atoms with van der Waals surface area (Å²) in [5.74, 6) is 1.04. The Hall–Kier alpha value is -3.81. The summed E-state index contributed by atoms with van der Waals surface area (Å²) in [6.07, 6.45) is 2.83. The van der Waals surface area contributed by atoms with Crippen LogP contribution in [0.2, 0.25) is 0 Å². The fraction of sp³-hybridized carbons (Fsp3) is 0.346. The number of hydrogen-bond acceptors (Lipinski definition) is 5. The van der Waals surface area contributed by atoms with E-state index in [4.69, 9.17) is 9.97 Å². The van der Waals surface area contributed by atoms with Crippen molar-refractivity contribution in [1.29, 1.82) is 0 Å². The topological polar surface area (TPSA) is 90.1 Å². The third-order valence-corrected chi connectivity index (χ3v) is 6.67. The second kappa shape index (κ2) is 8.52. The van der Waals surface area contributed by atoms with E-state index in [9.17, 15) is 0 Å². The van der Waals surface area contributed by atoms with Crippen LogP contribution >= 0.6 is 0 Å². The molecule has 0 aliphatic rings. The van der Waals surface area contributed by atoms with Crippen LogP contribution in [0.15, 0.2) is 36.7 Å². The van der Waals surface area contributed by atoms with Crippen LogP contribution in [0.3, 0.4) is 0 Å². The van der Waals surface area contributed by atoms with E-state index >= 15 is 0 Å². The van der Waals surface area contributed by atoms with Crippen molar-refractivity contribution in [1.82, 2.24) is 39.7 Å². The molecule has 0 aliphatic heterocycles. The van der Waals surface area contributed by atoms with E-state index in [1.165, 1.54) is 22.4 Å². The summed E-state index contributed by atoms with van der Waals surface area (Å²) in [7, 11) is 2.09. The molecule has 0 spiro atoms. The lowest BCUT2D eigenvalue weighted by Gasteiger charge is -2.14. The largest absolute Gasteiger partial charge is 0.347 e. The van der Waals surface area contributed by atoms with Crippen LogP contribution in [0.25, 0.3) is 33.8 Å². The maximum absolute atomic E-state index is 4.92. The molecule has 8 heteroatoms. The van der Waals surface area contributed by atoms with Gasteiger partial charge in [-0.1, -0.05) is 45.0 Å². The number of nitrogens with zero attached hydrogens (tertiary/aromatic N) is 7. The van der Waals surface area contributed by atoms with Gasteiger partial charge >= 0.3 is 0 Å². The summed E-state index contributed by atoms with van der Waals surface area (Å²) in [5, 5.41) is 14.7. The van der Waals surface area contributed by atoms with Crippen molar-refractivity contribution in [3.63, 3.8) is 0 Å². The zero-order valence-corrected chi connectivity index (χ0v) is 20.6. The van der Waals surface area contributed by atoms with Crippen molar-refractivity contribution in [3.8, 4) is 22.6 Å². The van der Waals surface area contributed by atoms with E-state index in [1.54, 1.807) is 0 Å². The minimum absolute atomic E-state index is 0.428. The normalized spacial score (nSPS) is 11.7. The van der Waals surface area contributed by atoms with Gasteiger partial charge in [0.25, 0.3) is 0 Å². The lowest BCUT2D eigenvalue weighted by molar-refractivity contribution is 0.804. The van der Waals surface area contributed by atoms with E-state index in [1.807, 2.05) is 6.33 Å². The van der Waals surface area contributed by atoms with Gasteiger partial charge in [0, 0.05) is 24.0 Å². The maximum atomic E-state index is 4.92. The van der Waals surface area contributed by atoms with E-state index in [0.717, 1.165) is 40.1 Å². The standard InChI is InChI=1S/C26H30N8/c1-7-20-12-21(25-29-31-32-30-25)24(33(20)6)19-10-8-18(9-11-19)13-34-14-27-23-16(4)22(15(2)3)17(5)28-26(23)34/h8-12,14-15H,7,13H2,1-6H3,(H,29,30,31,32). The minimum Gasteiger partial charge on any atom is -0.347 e. The molecule has 1 N–H and O–H groups in total.